The van der Waals surface area contributed by atoms with Gasteiger partial charge in [-0.2, -0.15) is 28.1 Å². The van der Waals surface area contributed by atoms with Crippen molar-refractivity contribution in [2.75, 3.05) is 10.6 Å². The van der Waals surface area contributed by atoms with Crippen molar-refractivity contribution in [1.29, 1.82) is 0 Å². The molecular weight excluding hydrogens is 435 g/mol. The van der Waals surface area contributed by atoms with Gasteiger partial charge in [0, 0.05) is 42.7 Å². The van der Waals surface area contributed by atoms with Gasteiger partial charge in [-0.05, 0) is 31.5 Å². The second-order valence-electron chi connectivity index (χ2n) is 7.32. The number of hydrogen-bond donors (Lipinski definition) is 2. The van der Waals surface area contributed by atoms with Crippen LogP contribution in [0.2, 0.25) is 0 Å². The van der Waals surface area contributed by atoms with Crippen LogP contribution in [-0.4, -0.2) is 41.9 Å². The van der Waals surface area contributed by atoms with Gasteiger partial charge in [0.2, 0.25) is 23.6 Å². The van der Waals surface area contributed by atoms with Crippen molar-refractivity contribution < 1.29 is 22.0 Å². The van der Waals surface area contributed by atoms with Crippen LogP contribution in [-0.2, 0) is 6.18 Å². The zero-order valence-electron chi connectivity index (χ0n) is 16.7. The fourth-order valence-electron chi connectivity index (χ4n) is 3.24. The van der Waals surface area contributed by atoms with Crippen LogP contribution in [0, 0.1) is 6.92 Å². The average Bonchev–Trinajstić information content (AvgIpc) is 3.05. The molecule has 1 aliphatic carbocycles. The lowest BCUT2D eigenvalue weighted by Crippen LogP contribution is -2.21. The molecule has 0 unspecified atom stereocenters. The van der Waals surface area contributed by atoms with Crippen LogP contribution in [0.4, 0.5) is 39.5 Å². The highest BCUT2D eigenvalue weighted by Gasteiger charge is 2.40. The van der Waals surface area contributed by atoms with Crippen LogP contribution in [0.5, 0.6) is 0 Å². The van der Waals surface area contributed by atoms with E-state index in [1.807, 2.05) is 0 Å². The Labute approximate surface area is 178 Å². The summed E-state index contributed by atoms with van der Waals surface area (Å²) in [6, 6.07) is 3.99. The lowest BCUT2D eigenvalue weighted by Gasteiger charge is -2.15. The highest BCUT2D eigenvalue weighted by Crippen LogP contribution is 2.36. The Morgan fingerprint density at radius 1 is 1.00 bits per heavy atom. The van der Waals surface area contributed by atoms with E-state index >= 15 is 0 Å². The second-order valence-corrected chi connectivity index (χ2v) is 7.32. The summed E-state index contributed by atoms with van der Waals surface area (Å²) in [6.07, 6.45) is -2.73. The molecule has 168 valence electrons. The van der Waals surface area contributed by atoms with E-state index in [4.69, 9.17) is 0 Å². The third-order valence-electron chi connectivity index (χ3n) is 4.66. The van der Waals surface area contributed by atoms with E-state index in [-0.39, 0.29) is 36.3 Å². The van der Waals surface area contributed by atoms with E-state index < -0.39 is 30.4 Å². The van der Waals surface area contributed by atoms with Gasteiger partial charge in [-0.15, -0.1) is 0 Å². The van der Waals surface area contributed by atoms with Crippen molar-refractivity contribution in [3.63, 3.8) is 0 Å². The first-order chi connectivity index (χ1) is 15.1. The summed E-state index contributed by atoms with van der Waals surface area (Å²) in [6.45, 7) is 1.77. The normalized spacial score (nSPS) is 17.9. The molecule has 3 aromatic heterocycles. The predicted molar refractivity (Wildman–Crippen MR) is 104 cm³/mol. The fraction of sp³-hybridized carbons (Fsp3) is 0.368. The highest BCUT2D eigenvalue weighted by atomic mass is 19.4. The third kappa shape index (κ3) is 5.21. The molecule has 0 saturated heterocycles. The maximum atomic E-state index is 13.6. The molecular formula is C19H17F5N8. The molecule has 4 rings (SSSR count). The van der Waals surface area contributed by atoms with Gasteiger partial charge in [0.05, 0.1) is 0 Å². The lowest BCUT2D eigenvalue weighted by molar-refractivity contribution is -0.144. The van der Waals surface area contributed by atoms with Gasteiger partial charge in [-0.3, -0.25) is 4.98 Å². The van der Waals surface area contributed by atoms with Crippen molar-refractivity contribution in [3.05, 3.63) is 42.1 Å². The Morgan fingerprint density at radius 3 is 2.44 bits per heavy atom. The zero-order valence-corrected chi connectivity index (χ0v) is 16.7. The van der Waals surface area contributed by atoms with Gasteiger partial charge in [-0.25, -0.2) is 18.7 Å². The van der Waals surface area contributed by atoms with Gasteiger partial charge in [0.1, 0.15) is 5.69 Å². The fourth-order valence-corrected chi connectivity index (χ4v) is 3.24. The molecule has 0 spiro atoms. The Morgan fingerprint density at radius 2 is 1.75 bits per heavy atom. The molecule has 0 amide bonds. The van der Waals surface area contributed by atoms with Crippen LogP contribution in [0.1, 0.15) is 30.8 Å². The van der Waals surface area contributed by atoms with Crippen molar-refractivity contribution in [3.8, 4) is 11.5 Å². The molecule has 32 heavy (non-hydrogen) atoms. The van der Waals surface area contributed by atoms with E-state index in [0.717, 1.165) is 6.20 Å². The lowest BCUT2D eigenvalue weighted by atomic mass is 10.2. The van der Waals surface area contributed by atoms with Gasteiger partial charge in [0.25, 0.3) is 0 Å². The predicted octanol–water partition coefficient (Wildman–Crippen LogP) is 4.39. The molecule has 0 bridgehead atoms. The summed E-state index contributed by atoms with van der Waals surface area (Å²) >= 11 is 0. The third-order valence-corrected chi connectivity index (χ3v) is 4.66. The first-order valence-electron chi connectivity index (χ1n) is 9.58. The number of aryl methyl sites for hydroxylation is 1. The quantitative estimate of drug-likeness (QED) is 0.550. The van der Waals surface area contributed by atoms with Crippen molar-refractivity contribution in [1.82, 2.24) is 29.9 Å². The molecule has 3 heterocycles. The molecule has 0 radical (unpaired) electrons. The summed E-state index contributed by atoms with van der Waals surface area (Å²) in [7, 11) is 0. The van der Waals surface area contributed by atoms with E-state index in [1.54, 1.807) is 25.3 Å². The van der Waals surface area contributed by atoms with Crippen molar-refractivity contribution >= 4 is 17.6 Å². The number of anilines is 3. The highest BCUT2D eigenvalue weighted by molar-refractivity contribution is 5.58. The van der Waals surface area contributed by atoms with E-state index in [1.165, 1.54) is 6.07 Å². The van der Waals surface area contributed by atoms with E-state index in [0.29, 0.717) is 11.4 Å². The van der Waals surface area contributed by atoms with E-state index in [9.17, 15) is 22.0 Å². The van der Waals surface area contributed by atoms with E-state index in [2.05, 4.69) is 40.5 Å². The molecule has 0 aliphatic heterocycles. The van der Waals surface area contributed by atoms with Gasteiger partial charge >= 0.3 is 6.18 Å². The number of nitrogens with one attached hydrogen (secondary N) is 2. The molecule has 1 aliphatic rings. The van der Waals surface area contributed by atoms with Crippen LogP contribution >= 0.6 is 0 Å². The summed E-state index contributed by atoms with van der Waals surface area (Å²) in [5.41, 5.74) is 1.09. The molecule has 2 N–H and O–H groups in total. The summed E-state index contributed by atoms with van der Waals surface area (Å²) in [4.78, 5) is 23.3. The zero-order chi connectivity index (χ0) is 22.9. The van der Waals surface area contributed by atoms with Crippen molar-refractivity contribution in [2.24, 2.45) is 0 Å². The monoisotopic (exact) mass is 452 g/mol. The number of aromatic nitrogens is 6. The number of alkyl halides is 5. The topological polar surface area (TPSA) is 101 Å². The maximum Gasteiger partial charge on any atom is 0.451 e. The SMILES string of the molecule is Cc1cc(Nc2nc(N[C@H]3CCC(F)(F)C3)nc(-c3ccnc(C(F)(F)F)n3)n2)ccn1. The maximum absolute atomic E-state index is 13.6. The van der Waals surface area contributed by atoms with Crippen molar-refractivity contribution in [2.45, 2.75) is 44.3 Å². The van der Waals surface area contributed by atoms with Crippen LogP contribution in [0.25, 0.3) is 11.5 Å². The smallest absolute Gasteiger partial charge is 0.351 e. The Bertz CT molecular complexity index is 1120. The summed E-state index contributed by atoms with van der Waals surface area (Å²) in [5.74, 6) is -4.37. The average molecular weight is 452 g/mol. The van der Waals surface area contributed by atoms with Gasteiger partial charge < -0.3 is 10.6 Å². The molecule has 13 heteroatoms. The number of halogens is 5. The van der Waals surface area contributed by atoms with Crippen LogP contribution < -0.4 is 10.6 Å². The second kappa shape index (κ2) is 8.20. The summed E-state index contributed by atoms with van der Waals surface area (Å²) < 4.78 is 66.2. The largest absolute Gasteiger partial charge is 0.451 e. The number of pyridine rings is 1. The molecule has 3 aromatic rings. The summed E-state index contributed by atoms with van der Waals surface area (Å²) in [5, 5.41) is 5.75. The molecule has 1 fully saturated rings. The van der Waals surface area contributed by atoms with Gasteiger partial charge in [0.15, 0.2) is 5.82 Å². The molecule has 8 nitrogen and oxygen atoms in total. The van der Waals surface area contributed by atoms with Crippen LogP contribution in [0.3, 0.4) is 0 Å². The number of hydrogen-bond acceptors (Lipinski definition) is 8. The standard InChI is InChI=1S/C19H17F5N8/c1-10-8-11(3-6-25-10)27-16-30-14(13-4-7-26-15(29-13)19(22,23)24)31-17(32-16)28-12-2-5-18(20,21)9-12/h3-4,6-8,12H,2,5,9H2,1H3,(H2,25,27,28,30,31,32)/t12-/m0/s1. The molecule has 1 atom stereocenters. The minimum Gasteiger partial charge on any atom is -0.351 e. The Kier molecular flexibility index (Phi) is 5.57. The Balaban J connectivity index is 1.70. The number of nitrogens with zero attached hydrogens (tertiary/aromatic N) is 6. The Hall–Kier alpha value is -3.51. The minimum atomic E-state index is -4.75. The van der Waals surface area contributed by atoms with Crippen LogP contribution in [0.15, 0.2) is 30.6 Å². The number of rotatable bonds is 5. The minimum absolute atomic E-state index is 0.0000260. The molecule has 1 saturated carbocycles. The van der Waals surface area contributed by atoms with Gasteiger partial charge in [-0.1, -0.05) is 0 Å². The first-order valence-corrected chi connectivity index (χ1v) is 9.58. The first kappa shape index (κ1) is 21.7. The molecule has 0 aromatic carbocycles.